The summed E-state index contributed by atoms with van der Waals surface area (Å²) >= 11 is 3.37. The number of carbonyl (C=O) groups excluding carboxylic acids is 3. The topological polar surface area (TPSA) is 142 Å². The number of Topliss-reactive ketones (excluding diaryl/α,β-unsaturated/α-hetero) is 3. The Labute approximate surface area is 308 Å². The van der Waals surface area contributed by atoms with E-state index in [9.17, 15) is 22.8 Å². The van der Waals surface area contributed by atoms with Gasteiger partial charge in [0.05, 0.1) is 40.3 Å². The molecule has 4 aromatic rings. The van der Waals surface area contributed by atoms with E-state index in [0.717, 1.165) is 17.4 Å². The third kappa shape index (κ3) is 6.08. The van der Waals surface area contributed by atoms with Crippen molar-refractivity contribution in [2.45, 2.75) is 45.6 Å². The third-order valence-corrected chi connectivity index (χ3v) is 11.9. The summed E-state index contributed by atoms with van der Waals surface area (Å²) in [6, 6.07) is 17.8. The van der Waals surface area contributed by atoms with Gasteiger partial charge in [-0.2, -0.15) is 8.42 Å². The van der Waals surface area contributed by atoms with Gasteiger partial charge >= 0.3 is 0 Å². The molecule has 0 N–H and O–H groups in total. The van der Waals surface area contributed by atoms with E-state index in [1.54, 1.807) is 21.0 Å². The minimum absolute atomic E-state index is 0.00140. The quantitative estimate of drug-likeness (QED) is 0.132. The van der Waals surface area contributed by atoms with Crippen LogP contribution in [0.1, 0.15) is 68.1 Å². The number of ketones is 3. The van der Waals surface area contributed by atoms with Crippen molar-refractivity contribution in [1.82, 2.24) is 10.1 Å². The summed E-state index contributed by atoms with van der Waals surface area (Å²) in [5, 5.41) is 4.12. The molecule has 1 saturated carbocycles. The third-order valence-electron chi connectivity index (χ3n) is 10.5. The van der Waals surface area contributed by atoms with Crippen molar-refractivity contribution in [2.75, 3.05) is 20.4 Å². The van der Waals surface area contributed by atoms with Gasteiger partial charge in [-0.15, -0.1) is 0 Å². The number of carbonyl (C=O) groups is 3. The Kier molecular flexibility index (Phi) is 9.47. The second-order valence-corrected chi connectivity index (χ2v) is 16.4. The van der Waals surface area contributed by atoms with Gasteiger partial charge in [0, 0.05) is 17.0 Å². The first-order valence-corrected chi connectivity index (χ1v) is 19.3. The fourth-order valence-corrected chi connectivity index (χ4v) is 8.97. The standard InChI is InChI=1S/C38H36BrFN2O9S/c1-38-25(31(42(2)3)34-28(36(38)45)37(41-51-34)49-18-21-13-9-6-10-14-21)16-22-15-23-27(32(43)26(22)35(38)44)33(48-17-20-11-7-5-8-12-20)29(39)24(30(23)40)19-50-52(4,46)47/h5-14,22,25-26,31H,15-19H2,1-4H3. The molecule has 3 aromatic carbocycles. The Bertz CT molecular complexity index is 2190. The van der Waals surface area contributed by atoms with Gasteiger partial charge in [0.15, 0.2) is 23.1 Å². The molecule has 14 heteroatoms. The summed E-state index contributed by atoms with van der Waals surface area (Å²) in [5.41, 5.74) is -0.264. The van der Waals surface area contributed by atoms with Gasteiger partial charge in [-0.05, 0) is 72.0 Å². The number of hydrogen-bond acceptors (Lipinski definition) is 11. The second-order valence-electron chi connectivity index (χ2n) is 14.0. The van der Waals surface area contributed by atoms with Gasteiger partial charge < -0.3 is 14.0 Å². The molecule has 0 bridgehead atoms. The molecule has 0 spiro atoms. The lowest BCUT2D eigenvalue weighted by Crippen LogP contribution is -2.60. The van der Waals surface area contributed by atoms with Crippen LogP contribution in [0.25, 0.3) is 0 Å². The van der Waals surface area contributed by atoms with Gasteiger partial charge in [0.25, 0.3) is 16.0 Å². The second kappa shape index (κ2) is 13.6. The summed E-state index contributed by atoms with van der Waals surface area (Å²) in [4.78, 5) is 46.1. The molecule has 7 rings (SSSR count). The van der Waals surface area contributed by atoms with Crippen LogP contribution in [0.2, 0.25) is 0 Å². The summed E-state index contributed by atoms with van der Waals surface area (Å²) in [5.74, 6) is -5.02. The zero-order valence-corrected chi connectivity index (χ0v) is 31.3. The van der Waals surface area contributed by atoms with Crippen molar-refractivity contribution in [3.63, 3.8) is 0 Å². The molecule has 0 amide bonds. The highest BCUT2D eigenvalue weighted by molar-refractivity contribution is 9.10. The predicted molar refractivity (Wildman–Crippen MR) is 189 cm³/mol. The fourth-order valence-electron chi connectivity index (χ4n) is 8.04. The summed E-state index contributed by atoms with van der Waals surface area (Å²) in [7, 11) is -0.357. The number of halogens is 2. The first-order valence-electron chi connectivity index (χ1n) is 16.7. The summed E-state index contributed by atoms with van der Waals surface area (Å²) in [6.45, 7) is 1.02. The number of aromatic nitrogens is 1. The Hall–Kier alpha value is -4.24. The van der Waals surface area contributed by atoms with Crippen LogP contribution in [0.3, 0.4) is 0 Å². The minimum atomic E-state index is -3.96. The number of ether oxygens (including phenoxy) is 2. The molecule has 1 fully saturated rings. The maximum Gasteiger partial charge on any atom is 0.265 e. The largest absolute Gasteiger partial charge is 0.487 e. The van der Waals surface area contributed by atoms with Crippen molar-refractivity contribution in [1.29, 1.82) is 0 Å². The summed E-state index contributed by atoms with van der Waals surface area (Å²) < 4.78 is 63.3. The first-order chi connectivity index (χ1) is 24.7. The maximum absolute atomic E-state index is 16.5. The number of benzene rings is 3. The van der Waals surface area contributed by atoms with Gasteiger partial charge in [-0.1, -0.05) is 60.7 Å². The molecule has 11 nitrogen and oxygen atoms in total. The predicted octanol–water partition coefficient (Wildman–Crippen LogP) is 6.28. The van der Waals surface area contributed by atoms with Crippen LogP contribution in [0.15, 0.2) is 69.7 Å². The molecule has 52 heavy (non-hydrogen) atoms. The Balaban J connectivity index is 1.30. The highest BCUT2D eigenvalue weighted by Gasteiger charge is 2.65. The Morgan fingerprint density at radius 2 is 1.58 bits per heavy atom. The summed E-state index contributed by atoms with van der Waals surface area (Å²) in [6.07, 6.45) is 1.02. The average molecular weight is 796 g/mol. The van der Waals surface area contributed by atoms with Gasteiger partial charge in [0.1, 0.15) is 30.3 Å². The van der Waals surface area contributed by atoms with Crippen LogP contribution in [0.5, 0.6) is 11.6 Å². The molecule has 0 radical (unpaired) electrons. The van der Waals surface area contributed by atoms with Gasteiger partial charge in [-0.3, -0.25) is 23.5 Å². The van der Waals surface area contributed by atoms with E-state index in [4.69, 9.17) is 18.2 Å². The number of nitrogens with zero attached hydrogens (tertiary/aromatic N) is 2. The van der Waals surface area contributed by atoms with E-state index in [2.05, 4.69) is 21.1 Å². The van der Waals surface area contributed by atoms with Crippen molar-refractivity contribution in [3.8, 4) is 11.6 Å². The molecule has 0 aliphatic heterocycles. The SMILES string of the molecule is CN(C)C1c2onc(OCc3ccccc3)c2C(=O)C2(C)C(=O)C3C(=O)c4c(c(F)c(COS(C)(=O)=O)c(Br)c4OCc4ccccc4)CC3CC12. The molecule has 1 heterocycles. The molecule has 0 saturated heterocycles. The zero-order chi connectivity index (χ0) is 37.1. The van der Waals surface area contributed by atoms with E-state index in [1.165, 1.54) is 0 Å². The molecule has 1 aromatic heterocycles. The van der Waals surface area contributed by atoms with Crippen molar-refractivity contribution in [3.05, 3.63) is 110 Å². The highest BCUT2D eigenvalue weighted by Crippen LogP contribution is 2.59. The molecule has 3 aliphatic carbocycles. The first kappa shape index (κ1) is 36.1. The number of hydrogen-bond donors (Lipinski definition) is 0. The lowest BCUT2D eigenvalue weighted by Gasteiger charge is -2.52. The molecule has 3 aliphatic rings. The lowest BCUT2D eigenvalue weighted by molar-refractivity contribution is -0.140. The van der Waals surface area contributed by atoms with Gasteiger partial charge in [0.2, 0.25) is 0 Å². The van der Waals surface area contributed by atoms with E-state index in [-0.39, 0.29) is 70.2 Å². The number of fused-ring (bicyclic) bond motifs is 4. The van der Waals surface area contributed by atoms with Crippen molar-refractivity contribution < 1.29 is 45.4 Å². The molecule has 5 unspecified atom stereocenters. The normalized spacial score (nSPS) is 23.9. The molecule has 272 valence electrons. The van der Waals surface area contributed by atoms with Crippen LogP contribution in [-0.4, -0.2) is 56.2 Å². The van der Waals surface area contributed by atoms with E-state index in [1.807, 2.05) is 65.6 Å². The minimum Gasteiger partial charge on any atom is -0.487 e. The molecular weight excluding hydrogens is 759 g/mol. The van der Waals surface area contributed by atoms with Crippen molar-refractivity contribution >= 4 is 43.4 Å². The highest BCUT2D eigenvalue weighted by atomic mass is 79.9. The van der Waals surface area contributed by atoms with Gasteiger partial charge in [-0.25, -0.2) is 4.39 Å². The van der Waals surface area contributed by atoms with E-state index < -0.39 is 69.1 Å². The Morgan fingerprint density at radius 1 is 0.962 bits per heavy atom. The molecular formula is C38H36BrFN2O9S. The Morgan fingerprint density at radius 3 is 2.17 bits per heavy atom. The van der Waals surface area contributed by atoms with Crippen LogP contribution >= 0.6 is 15.9 Å². The fraction of sp³-hybridized carbons (Fsp3) is 0.368. The number of rotatable bonds is 10. The van der Waals surface area contributed by atoms with Crippen molar-refractivity contribution in [2.24, 2.45) is 23.2 Å². The van der Waals surface area contributed by atoms with Crippen LogP contribution in [-0.2, 0) is 45.3 Å². The van der Waals surface area contributed by atoms with E-state index in [0.29, 0.717) is 0 Å². The smallest absolute Gasteiger partial charge is 0.265 e. The van der Waals surface area contributed by atoms with Crippen LogP contribution < -0.4 is 9.47 Å². The lowest BCUT2D eigenvalue weighted by atomic mass is 9.50. The zero-order valence-electron chi connectivity index (χ0n) is 28.9. The average Bonchev–Trinajstić information content (AvgIpc) is 3.53. The monoisotopic (exact) mass is 794 g/mol. The molecule has 5 atom stereocenters. The van der Waals surface area contributed by atoms with Crippen LogP contribution in [0.4, 0.5) is 4.39 Å². The van der Waals surface area contributed by atoms with Crippen LogP contribution in [0, 0.1) is 29.0 Å². The van der Waals surface area contributed by atoms with E-state index >= 15 is 4.39 Å². The maximum atomic E-state index is 16.5.